The predicted molar refractivity (Wildman–Crippen MR) is 53.8 cm³/mol. The maximum Gasteiger partial charge on any atom is 0.304 e. The van der Waals surface area contributed by atoms with Crippen LogP contribution < -0.4 is 5.73 Å². The van der Waals surface area contributed by atoms with Crippen molar-refractivity contribution in [3.63, 3.8) is 0 Å². The Labute approximate surface area is 97.3 Å². The van der Waals surface area contributed by atoms with Gasteiger partial charge in [0, 0.05) is 0 Å². The quantitative estimate of drug-likeness (QED) is 0.594. The van der Waals surface area contributed by atoms with Gasteiger partial charge in [-0.05, 0) is 0 Å². The molecule has 0 unspecified atom stereocenters. The summed E-state index contributed by atoms with van der Waals surface area (Å²) in [5.74, 6) is -1.44. The zero-order valence-corrected chi connectivity index (χ0v) is 8.35. The number of amides is 1. The van der Waals surface area contributed by atoms with Crippen molar-refractivity contribution < 1.29 is 19.6 Å². The molecule has 0 heterocycles. The number of carbonyl (C=O) groups is 1. The molecule has 93 valence electrons. The van der Waals surface area contributed by atoms with Crippen LogP contribution in [0, 0.1) is 36.4 Å². The number of non-ortho nitro benzene ring substituents is 1. The van der Waals surface area contributed by atoms with Crippen LogP contribution in [0.3, 0.4) is 0 Å². The fourth-order valence-corrected chi connectivity index (χ4v) is 1.17. The molecule has 0 saturated heterocycles. The maximum atomic E-state index is 11.0. The van der Waals surface area contributed by atoms with Gasteiger partial charge in [0.1, 0.15) is 0 Å². The highest BCUT2D eigenvalue weighted by Gasteiger charge is 2.34. The third-order valence-electron chi connectivity index (χ3n) is 1.84. The Morgan fingerprint density at radius 2 is 1.67 bits per heavy atom. The number of benzene rings is 1. The molecule has 0 aliphatic heterocycles. The SMILES string of the molecule is NC(=O)c1c([N+](=O)[O-])[c]c([N+](=O)[O-])cc1[N+](=O)[O-]. The van der Waals surface area contributed by atoms with Crippen LogP contribution in [-0.2, 0) is 0 Å². The Hall–Kier alpha value is -3.11. The molecule has 0 bridgehead atoms. The minimum atomic E-state index is -1.44. The monoisotopic (exact) mass is 255 g/mol. The number of hydrogen-bond acceptors (Lipinski definition) is 7. The number of nitrogens with zero attached hydrogens (tertiary/aromatic N) is 3. The molecular formula is C7H3N4O7. The Kier molecular flexibility index (Phi) is 3.17. The molecule has 0 aliphatic carbocycles. The lowest BCUT2D eigenvalue weighted by Gasteiger charge is -2.00. The average molecular weight is 255 g/mol. The fourth-order valence-electron chi connectivity index (χ4n) is 1.17. The summed E-state index contributed by atoms with van der Waals surface area (Å²) in [7, 11) is 0. The van der Waals surface area contributed by atoms with E-state index in [0.717, 1.165) is 0 Å². The molecule has 0 spiro atoms. The van der Waals surface area contributed by atoms with Gasteiger partial charge in [0.15, 0.2) is 11.6 Å². The Bertz CT molecular complexity index is 546. The molecule has 11 heteroatoms. The van der Waals surface area contributed by atoms with Crippen LogP contribution in [-0.4, -0.2) is 20.7 Å². The second-order valence-corrected chi connectivity index (χ2v) is 2.90. The second-order valence-electron chi connectivity index (χ2n) is 2.90. The third kappa shape index (κ3) is 2.18. The van der Waals surface area contributed by atoms with Crippen molar-refractivity contribution in [2.75, 3.05) is 0 Å². The lowest BCUT2D eigenvalue weighted by atomic mass is 10.1. The Morgan fingerprint density at radius 3 is 2.00 bits per heavy atom. The molecule has 2 N–H and O–H groups in total. The highest BCUT2D eigenvalue weighted by atomic mass is 16.6. The number of carbonyl (C=O) groups excluding carboxylic acids is 1. The average Bonchev–Trinajstić information content (AvgIpc) is 2.26. The van der Waals surface area contributed by atoms with Gasteiger partial charge in [-0.2, -0.15) is 0 Å². The van der Waals surface area contributed by atoms with Gasteiger partial charge in [0.05, 0.1) is 20.8 Å². The van der Waals surface area contributed by atoms with E-state index in [1.807, 2.05) is 0 Å². The standard InChI is InChI=1S/C7H3N4O7/c8-7(12)6-4(10(15)16)1-3(9(13)14)2-5(6)11(17)18/h1H,(H2,8,12). The second kappa shape index (κ2) is 4.40. The van der Waals surface area contributed by atoms with Gasteiger partial charge in [0.2, 0.25) is 0 Å². The van der Waals surface area contributed by atoms with Gasteiger partial charge >= 0.3 is 5.69 Å². The number of nitrogens with two attached hydrogens (primary N) is 1. The van der Waals surface area contributed by atoms with Crippen molar-refractivity contribution in [2.45, 2.75) is 0 Å². The number of hydrogen-bond donors (Lipinski definition) is 1. The summed E-state index contributed by atoms with van der Waals surface area (Å²) in [4.78, 5) is 39.1. The number of nitro groups is 3. The lowest BCUT2D eigenvalue weighted by Crippen LogP contribution is -2.16. The molecule has 0 fully saturated rings. The van der Waals surface area contributed by atoms with Crippen molar-refractivity contribution in [3.05, 3.63) is 48.0 Å². The van der Waals surface area contributed by atoms with E-state index in [2.05, 4.69) is 0 Å². The van der Waals surface area contributed by atoms with Gasteiger partial charge in [0.25, 0.3) is 17.3 Å². The molecule has 1 radical (unpaired) electrons. The topological polar surface area (TPSA) is 173 Å². The first kappa shape index (κ1) is 13.0. The number of rotatable bonds is 4. The van der Waals surface area contributed by atoms with Crippen molar-refractivity contribution in [3.8, 4) is 0 Å². The van der Waals surface area contributed by atoms with Crippen LogP contribution in [0.15, 0.2) is 6.07 Å². The molecule has 1 amide bonds. The van der Waals surface area contributed by atoms with E-state index in [1.54, 1.807) is 6.07 Å². The third-order valence-corrected chi connectivity index (χ3v) is 1.84. The normalized spacial score (nSPS) is 9.78. The van der Waals surface area contributed by atoms with E-state index in [9.17, 15) is 35.1 Å². The van der Waals surface area contributed by atoms with E-state index in [-0.39, 0.29) is 0 Å². The smallest absolute Gasteiger partial charge is 0.304 e. The van der Waals surface area contributed by atoms with Crippen molar-refractivity contribution in [1.29, 1.82) is 0 Å². The lowest BCUT2D eigenvalue weighted by molar-refractivity contribution is -0.403. The molecule has 0 saturated carbocycles. The summed E-state index contributed by atoms with van der Waals surface area (Å²) in [5.41, 5.74) is 0.430. The molecule has 0 aromatic heterocycles. The summed E-state index contributed by atoms with van der Waals surface area (Å²) in [6.07, 6.45) is 0. The first-order chi connectivity index (χ1) is 8.25. The molecule has 18 heavy (non-hydrogen) atoms. The number of primary amides is 1. The van der Waals surface area contributed by atoms with Crippen LogP contribution >= 0.6 is 0 Å². The zero-order chi connectivity index (χ0) is 14.0. The molecule has 0 atom stereocenters. The van der Waals surface area contributed by atoms with Gasteiger partial charge in [-0.1, -0.05) is 0 Å². The fraction of sp³-hybridized carbons (Fsp3) is 0. The summed E-state index contributed by atoms with van der Waals surface area (Å²) in [5, 5.41) is 31.7. The van der Waals surface area contributed by atoms with Crippen LogP contribution in [0.1, 0.15) is 10.4 Å². The van der Waals surface area contributed by atoms with Crippen LogP contribution in [0.4, 0.5) is 17.1 Å². The summed E-state index contributed by atoms with van der Waals surface area (Å²) >= 11 is 0. The Balaban J connectivity index is 3.76. The van der Waals surface area contributed by atoms with Gasteiger partial charge < -0.3 is 5.73 Å². The maximum absolute atomic E-state index is 11.0. The first-order valence-corrected chi connectivity index (χ1v) is 4.09. The minimum Gasteiger partial charge on any atom is -0.365 e. The van der Waals surface area contributed by atoms with E-state index in [4.69, 9.17) is 5.73 Å². The van der Waals surface area contributed by atoms with Gasteiger partial charge in [-0.25, -0.2) is 0 Å². The van der Waals surface area contributed by atoms with Gasteiger partial charge in [-0.15, -0.1) is 0 Å². The van der Waals surface area contributed by atoms with E-state index < -0.39 is 43.3 Å². The zero-order valence-electron chi connectivity index (χ0n) is 8.35. The van der Waals surface area contributed by atoms with Crippen molar-refractivity contribution >= 4 is 23.0 Å². The summed E-state index contributed by atoms with van der Waals surface area (Å²) in [6, 6.07) is 2.07. The van der Waals surface area contributed by atoms with Crippen molar-refractivity contribution in [1.82, 2.24) is 0 Å². The Morgan fingerprint density at radius 1 is 1.11 bits per heavy atom. The minimum absolute atomic E-state index is 0.382. The van der Waals surface area contributed by atoms with Crippen LogP contribution in [0.5, 0.6) is 0 Å². The molecule has 1 rings (SSSR count). The summed E-state index contributed by atoms with van der Waals surface area (Å²) < 4.78 is 0. The molecule has 1 aromatic rings. The van der Waals surface area contributed by atoms with Crippen molar-refractivity contribution in [2.24, 2.45) is 5.73 Å². The highest BCUT2D eigenvalue weighted by molar-refractivity contribution is 6.01. The molecule has 1 aromatic carbocycles. The first-order valence-electron chi connectivity index (χ1n) is 4.09. The van der Waals surface area contributed by atoms with Gasteiger partial charge in [-0.3, -0.25) is 35.1 Å². The molecular weight excluding hydrogens is 252 g/mol. The number of nitro benzene ring substituents is 3. The summed E-state index contributed by atoms with van der Waals surface area (Å²) in [6.45, 7) is 0. The molecule has 11 nitrogen and oxygen atoms in total. The predicted octanol–water partition coefficient (Wildman–Crippen LogP) is 0.310. The highest BCUT2D eigenvalue weighted by Crippen LogP contribution is 2.32. The largest absolute Gasteiger partial charge is 0.365 e. The van der Waals surface area contributed by atoms with E-state index in [0.29, 0.717) is 6.07 Å². The van der Waals surface area contributed by atoms with Crippen LogP contribution in [0.25, 0.3) is 0 Å². The van der Waals surface area contributed by atoms with E-state index >= 15 is 0 Å². The molecule has 0 aliphatic rings. The van der Waals surface area contributed by atoms with E-state index in [1.165, 1.54) is 0 Å². The van der Waals surface area contributed by atoms with Crippen LogP contribution in [0.2, 0.25) is 0 Å².